The van der Waals surface area contributed by atoms with E-state index in [4.69, 9.17) is 16.3 Å². The molecule has 294 valence electrons. The van der Waals surface area contributed by atoms with Crippen LogP contribution in [0.15, 0.2) is 35.4 Å². The number of halogens is 1. The van der Waals surface area contributed by atoms with Gasteiger partial charge in [0.15, 0.2) is 5.78 Å². The maximum absolute atomic E-state index is 14.1. The number of esters is 1. The van der Waals surface area contributed by atoms with Gasteiger partial charge in [-0.05, 0) is 135 Å². The lowest BCUT2D eigenvalue weighted by Gasteiger charge is -2.72. The van der Waals surface area contributed by atoms with Gasteiger partial charge in [-0.25, -0.2) is 0 Å². The van der Waals surface area contributed by atoms with E-state index in [2.05, 4.69) is 60.4 Å². The Bertz CT molecular complexity index is 1650. The SMILES string of the molecule is CC(C)C1=C2[C@H]3CCC4[C@@]5(C)CC[C@H](OC(=O)CC(C)(C)C(=O)O)C(C)(C)C5CC[C@@]4(C)[C@]3(C)CC[C@@]2([C@H](O)CN(C)Cc2ccc(Cl)cc2)CC1=O. The Morgan fingerprint density at radius 2 is 1.60 bits per heavy atom. The molecule has 1 aromatic rings. The molecule has 0 saturated heterocycles. The normalized spacial score (nSPS) is 37.1. The summed E-state index contributed by atoms with van der Waals surface area (Å²) in [7, 11) is 2.06. The van der Waals surface area contributed by atoms with Crippen LogP contribution >= 0.6 is 11.6 Å². The molecule has 5 aliphatic carbocycles. The van der Waals surface area contributed by atoms with E-state index in [1.54, 1.807) is 13.8 Å². The van der Waals surface area contributed by atoms with Gasteiger partial charge in [0.1, 0.15) is 6.10 Å². The fraction of sp³-hybridized carbons (Fsp3) is 0.756. The summed E-state index contributed by atoms with van der Waals surface area (Å²) in [6.45, 7) is 20.9. The minimum Gasteiger partial charge on any atom is -0.481 e. The van der Waals surface area contributed by atoms with Crippen molar-refractivity contribution in [3.8, 4) is 0 Å². The Morgan fingerprint density at radius 3 is 2.23 bits per heavy atom. The number of carboxylic acids is 1. The number of likely N-dealkylation sites (N-methyl/N-ethyl adjacent to an activating group) is 1. The van der Waals surface area contributed by atoms with Crippen molar-refractivity contribution in [2.45, 2.75) is 145 Å². The van der Waals surface area contributed by atoms with E-state index in [-0.39, 0.29) is 51.8 Å². The first-order valence-corrected chi connectivity index (χ1v) is 20.7. The van der Waals surface area contributed by atoms with Gasteiger partial charge in [0.25, 0.3) is 0 Å². The molecule has 1 aromatic carbocycles. The summed E-state index contributed by atoms with van der Waals surface area (Å²) in [5, 5.41) is 22.7. The summed E-state index contributed by atoms with van der Waals surface area (Å²) in [5.41, 5.74) is 1.60. The largest absolute Gasteiger partial charge is 0.481 e. The van der Waals surface area contributed by atoms with Gasteiger partial charge in [-0.15, -0.1) is 0 Å². The molecule has 6 rings (SSSR count). The molecule has 5 aliphatic rings. The number of benzene rings is 1. The van der Waals surface area contributed by atoms with E-state index < -0.39 is 28.9 Å². The van der Waals surface area contributed by atoms with Crippen LogP contribution in [0.4, 0.5) is 0 Å². The molecule has 2 unspecified atom stereocenters. The molecule has 7 nitrogen and oxygen atoms in total. The highest BCUT2D eigenvalue weighted by Crippen LogP contribution is 2.77. The molecule has 0 bridgehead atoms. The molecular weight excluding hydrogens is 686 g/mol. The van der Waals surface area contributed by atoms with Gasteiger partial charge in [0.05, 0.1) is 17.9 Å². The van der Waals surface area contributed by atoms with Crippen LogP contribution in [-0.4, -0.2) is 58.6 Å². The van der Waals surface area contributed by atoms with Crippen molar-refractivity contribution >= 4 is 29.3 Å². The quantitative estimate of drug-likeness (QED) is 0.230. The first kappa shape index (κ1) is 40.4. The van der Waals surface area contributed by atoms with Gasteiger partial charge < -0.3 is 14.9 Å². The van der Waals surface area contributed by atoms with Crippen LogP contribution in [0.2, 0.25) is 5.02 Å². The van der Waals surface area contributed by atoms with Crippen LogP contribution < -0.4 is 0 Å². The molecule has 9 atom stereocenters. The Kier molecular flexibility index (Phi) is 10.5. The summed E-state index contributed by atoms with van der Waals surface area (Å²) in [5.74, 6) is 0.0429. The molecule has 0 spiro atoms. The minimum atomic E-state index is -1.17. The predicted octanol–water partition coefficient (Wildman–Crippen LogP) is 9.53. The molecule has 4 saturated carbocycles. The third-order valence-electron chi connectivity index (χ3n) is 16.4. The zero-order valence-corrected chi connectivity index (χ0v) is 34.9. The summed E-state index contributed by atoms with van der Waals surface area (Å²) in [6, 6.07) is 7.89. The Labute approximate surface area is 323 Å². The second-order valence-corrected chi connectivity index (χ2v) is 20.8. The first-order chi connectivity index (χ1) is 24.5. The third-order valence-corrected chi connectivity index (χ3v) is 16.6. The number of hydrogen-bond acceptors (Lipinski definition) is 6. The molecule has 8 heteroatoms. The van der Waals surface area contributed by atoms with Crippen LogP contribution in [0.5, 0.6) is 0 Å². The smallest absolute Gasteiger partial charge is 0.309 e. The van der Waals surface area contributed by atoms with Crippen molar-refractivity contribution in [3.63, 3.8) is 0 Å². The first-order valence-electron chi connectivity index (χ1n) is 20.4. The van der Waals surface area contributed by atoms with E-state index >= 15 is 0 Å². The number of ketones is 1. The number of rotatable bonds is 10. The van der Waals surface area contributed by atoms with Crippen molar-refractivity contribution in [1.29, 1.82) is 0 Å². The van der Waals surface area contributed by atoms with Crippen molar-refractivity contribution < 1.29 is 29.3 Å². The van der Waals surface area contributed by atoms with E-state index in [9.17, 15) is 24.6 Å². The number of carbonyl (C=O) groups is 3. The van der Waals surface area contributed by atoms with Crippen LogP contribution in [0, 0.1) is 56.2 Å². The number of fused-ring (bicyclic) bond motifs is 7. The lowest BCUT2D eigenvalue weighted by Crippen LogP contribution is -2.66. The number of carbonyl (C=O) groups excluding carboxylic acids is 2. The number of aliphatic hydroxyl groups excluding tert-OH is 1. The van der Waals surface area contributed by atoms with Gasteiger partial charge >= 0.3 is 11.9 Å². The zero-order valence-electron chi connectivity index (χ0n) is 34.1. The van der Waals surface area contributed by atoms with Crippen LogP contribution in [0.1, 0.15) is 132 Å². The predicted molar refractivity (Wildman–Crippen MR) is 209 cm³/mol. The molecule has 2 N–H and O–H groups in total. The maximum atomic E-state index is 14.1. The number of aliphatic carboxylic acids is 1. The fourth-order valence-electron chi connectivity index (χ4n) is 13.3. The highest BCUT2D eigenvalue weighted by atomic mass is 35.5. The number of hydrogen-bond donors (Lipinski definition) is 2. The molecule has 0 aromatic heterocycles. The molecule has 4 fully saturated rings. The van der Waals surface area contributed by atoms with Crippen LogP contribution in [0.3, 0.4) is 0 Å². The van der Waals surface area contributed by atoms with Gasteiger partial charge in [-0.2, -0.15) is 0 Å². The maximum Gasteiger partial charge on any atom is 0.309 e. The lowest BCUT2D eigenvalue weighted by atomic mass is 9.33. The summed E-state index contributed by atoms with van der Waals surface area (Å²) in [6.07, 6.45) is 7.21. The average Bonchev–Trinajstić information content (AvgIpc) is 3.37. The standard InChI is InChI=1S/C45H66ClNO6/c1-27(2)37-31(48)23-45(34(49)26-47(10)25-28-11-13-29(46)14-12-28)22-21-43(8)30(38(37)45)15-16-33-42(7)19-18-35(53-36(50)24-40(3,4)39(51)52)41(5,6)32(42)17-20-44(33,43)9/h11-14,27,30,32-35,49H,15-26H2,1-10H3,(H,51,52)/t30-,32?,33?,34-,35+,42+,43-,44-,45+/m1/s1. The molecule has 53 heavy (non-hydrogen) atoms. The summed E-state index contributed by atoms with van der Waals surface area (Å²) < 4.78 is 6.17. The highest BCUT2D eigenvalue weighted by molar-refractivity contribution is 6.30. The number of Topliss-reactive ketones (excluding diaryl/α,β-unsaturated/α-hetero) is 1. The Morgan fingerprint density at radius 1 is 0.943 bits per heavy atom. The van der Waals surface area contributed by atoms with Crippen molar-refractivity contribution in [1.82, 2.24) is 4.90 Å². The van der Waals surface area contributed by atoms with Gasteiger partial charge in [0.2, 0.25) is 0 Å². The monoisotopic (exact) mass is 751 g/mol. The van der Waals surface area contributed by atoms with Crippen LogP contribution in [-0.2, 0) is 25.7 Å². The molecule has 0 radical (unpaired) electrons. The van der Waals surface area contributed by atoms with Gasteiger partial charge in [-0.3, -0.25) is 19.3 Å². The van der Waals surface area contributed by atoms with Crippen molar-refractivity contribution in [3.05, 3.63) is 46.0 Å². The number of nitrogens with zero attached hydrogens (tertiary/aromatic N) is 1. The number of ether oxygens (including phenoxy) is 1. The van der Waals surface area contributed by atoms with Crippen molar-refractivity contribution in [2.75, 3.05) is 13.6 Å². The molecule has 0 amide bonds. The highest BCUT2D eigenvalue weighted by Gasteiger charge is 2.70. The molecular formula is C45H66ClNO6. The van der Waals surface area contributed by atoms with Crippen LogP contribution in [0.25, 0.3) is 0 Å². The van der Waals surface area contributed by atoms with E-state index in [1.807, 2.05) is 24.3 Å². The van der Waals surface area contributed by atoms with E-state index in [0.29, 0.717) is 36.4 Å². The number of allylic oxidation sites excluding steroid dienone is 1. The molecule has 0 aliphatic heterocycles. The number of carboxylic acid groups (broad SMARTS) is 1. The van der Waals surface area contributed by atoms with E-state index in [0.717, 1.165) is 62.5 Å². The summed E-state index contributed by atoms with van der Waals surface area (Å²) in [4.78, 5) is 41.2. The van der Waals surface area contributed by atoms with Crippen molar-refractivity contribution in [2.24, 2.45) is 56.2 Å². The van der Waals surface area contributed by atoms with Gasteiger partial charge in [0, 0.05) is 35.4 Å². The summed E-state index contributed by atoms with van der Waals surface area (Å²) >= 11 is 6.15. The van der Waals surface area contributed by atoms with Gasteiger partial charge in [-0.1, -0.05) is 77.8 Å². The fourth-order valence-corrected chi connectivity index (χ4v) is 13.5. The third kappa shape index (κ3) is 6.45. The Hall–Kier alpha value is -2.22. The topological polar surface area (TPSA) is 104 Å². The average molecular weight is 752 g/mol. The second kappa shape index (κ2) is 13.8. The van der Waals surface area contributed by atoms with E-state index in [1.165, 1.54) is 5.57 Å². The second-order valence-electron chi connectivity index (χ2n) is 20.4. The number of aliphatic hydroxyl groups is 1. The molecule has 0 heterocycles. The Balaban J connectivity index is 1.27. The zero-order chi connectivity index (χ0) is 39.1. The minimum absolute atomic E-state index is 0.0156. The lowest BCUT2D eigenvalue weighted by molar-refractivity contribution is -0.235.